The monoisotopic (exact) mass is 314 g/mol. The molecule has 0 bridgehead atoms. The molecular weight excluding hydrogens is 292 g/mol. The SMILES string of the molecule is O=C(NCc1cccc(Cn2ccnc2)c1)N1CCCC(O)C1. The Morgan fingerprint density at radius 2 is 2.26 bits per heavy atom. The zero-order valence-electron chi connectivity index (χ0n) is 13.1. The van der Waals surface area contributed by atoms with Crippen molar-refractivity contribution in [1.29, 1.82) is 0 Å². The van der Waals surface area contributed by atoms with E-state index in [2.05, 4.69) is 22.4 Å². The highest BCUT2D eigenvalue weighted by molar-refractivity contribution is 5.74. The molecule has 23 heavy (non-hydrogen) atoms. The third-order valence-corrected chi connectivity index (χ3v) is 4.04. The number of aromatic nitrogens is 2. The van der Waals surface area contributed by atoms with Crippen LogP contribution in [-0.2, 0) is 13.1 Å². The highest BCUT2D eigenvalue weighted by Crippen LogP contribution is 2.11. The Hall–Kier alpha value is -2.34. The summed E-state index contributed by atoms with van der Waals surface area (Å²) in [5.74, 6) is 0. The lowest BCUT2D eigenvalue weighted by molar-refractivity contribution is 0.0842. The van der Waals surface area contributed by atoms with Crippen molar-refractivity contribution in [3.8, 4) is 0 Å². The first-order valence-corrected chi connectivity index (χ1v) is 7.95. The number of benzene rings is 1. The van der Waals surface area contributed by atoms with E-state index in [0.29, 0.717) is 19.6 Å². The summed E-state index contributed by atoms with van der Waals surface area (Å²) < 4.78 is 2.01. The van der Waals surface area contributed by atoms with E-state index >= 15 is 0 Å². The van der Waals surface area contributed by atoms with Gasteiger partial charge < -0.3 is 19.9 Å². The maximum Gasteiger partial charge on any atom is 0.317 e. The van der Waals surface area contributed by atoms with E-state index < -0.39 is 6.10 Å². The van der Waals surface area contributed by atoms with Crippen molar-refractivity contribution in [2.24, 2.45) is 0 Å². The first kappa shape index (κ1) is 15.6. The number of rotatable bonds is 4. The second-order valence-electron chi connectivity index (χ2n) is 5.96. The van der Waals surface area contributed by atoms with Crippen LogP contribution in [0.1, 0.15) is 24.0 Å². The van der Waals surface area contributed by atoms with Crippen LogP contribution in [0.3, 0.4) is 0 Å². The standard InChI is InChI=1S/C17H22N4O2/c22-16-5-2-7-21(12-16)17(23)19-10-14-3-1-4-15(9-14)11-20-8-6-18-13-20/h1,3-4,6,8-9,13,16,22H,2,5,7,10-12H2,(H,19,23). The number of urea groups is 1. The molecule has 6 heteroatoms. The van der Waals surface area contributed by atoms with Crippen LogP contribution in [0.4, 0.5) is 4.79 Å². The average molecular weight is 314 g/mol. The van der Waals surface area contributed by atoms with Crippen LogP contribution < -0.4 is 5.32 Å². The number of amides is 2. The minimum Gasteiger partial charge on any atom is -0.391 e. The zero-order chi connectivity index (χ0) is 16.1. The molecule has 122 valence electrons. The number of nitrogens with one attached hydrogen (secondary N) is 1. The smallest absolute Gasteiger partial charge is 0.317 e. The van der Waals surface area contributed by atoms with Crippen LogP contribution in [0.2, 0.25) is 0 Å². The number of aliphatic hydroxyl groups is 1. The molecule has 2 amide bonds. The molecule has 0 saturated carbocycles. The Bertz CT molecular complexity index is 642. The molecule has 1 atom stereocenters. The lowest BCUT2D eigenvalue weighted by atomic mass is 10.1. The number of hydrogen-bond acceptors (Lipinski definition) is 3. The van der Waals surface area contributed by atoms with Gasteiger partial charge in [-0.15, -0.1) is 0 Å². The number of aliphatic hydroxyl groups excluding tert-OH is 1. The molecule has 0 spiro atoms. The molecule has 1 saturated heterocycles. The van der Waals surface area contributed by atoms with E-state index in [1.54, 1.807) is 17.4 Å². The Balaban J connectivity index is 1.54. The van der Waals surface area contributed by atoms with Gasteiger partial charge in [0, 0.05) is 38.6 Å². The number of nitrogens with zero attached hydrogens (tertiary/aromatic N) is 3. The Morgan fingerprint density at radius 1 is 1.39 bits per heavy atom. The zero-order valence-corrected chi connectivity index (χ0v) is 13.1. The summed E-state index contributed by atoms with van der Waals surface area (Å²) in [6.07, 6.45) is 6.71. The topological polar surface area (TPSA) is 70.4 Å². The predicted molar refractivity (Wildman–Crippen MR) is 86.8 cm³/mol. The van der Waals surface area contributed by atoms with Gasteiger partial charge in [-0.1, -0.05) is 24.3 Å². The molecule has 1 unspecified atom stereocenters. The van der Waals surface area contributed by atoms with E-state index in [1.165, 1.54) is 5.56 Å². The summed E-state index contributed by atoms with van der Waals surface area (Å²) in [6, 6.07) is 8.04. The number of carbonyl (C=O) groups is 1. The van der Waals surface area contributed by atoms with Gasteiger partial charge in [0.15, 0.2) is 0 Å². The second kappa shape index (κ2) is 7.28. The van der Waals surface area contributed by atoms with Gasteiger partial charge in [0.2, 0.25) is 0 Å². The van der Waals surface area contributed by atoms with Crippen molar-refractivity contribution in [2.45, 2.75) is 32.0 Å². The van der Waals surface area contributed by atoms with Crippen molar-refractivity contribution in [3.05, 3.63) is 54.1 Å². The van der Waals surface area contributed by atoms with E-state index in [-0.39, 0.29) is 6.03 Å². The maximum atomic E-state index is 12.1. The predicted octanol–water partition coefficient (Wildman–Crippen LogP) is 1.60. The fourth-order valence-corrected chi connectivity index (χ4v) is 2.86. The summed E-state index contributed by atoms with van der Waals surface area (Å²) in [5, 5.41) is 12.6. The van der Waals surface area contributed by atoms with E-state index in [1.807, 2.05) is 22.9 Å². The first-order valence-electron chi connectivity index (χ1n) is 7.95. The molecule has 1 aromatic carbocycles. The van der Waals surface area contributed by atoms with Gasteiger partial charge >= 0.3 is 6.03 Å². The minimum absolute atomic E-state index is 0.108. The fraction of sp³-hybridized carbons (Fsp3) is 0.412. The molecule has 1 aliphatic heterocycles. The molecule has 2 N–H and O–H groups in total. The third-order valence-electron chi connectivity index (χ3n) is 4.04. The third kappa shape index (κ3) is 4.32. The van der Waals surface area contributed by atoms with Crippen LogP contribution in [0.25, 0.3) is 0 Å². The van der Waals surface area contributed by atoms with E-state index in [0.717, 1.165) is 24.9 Å². The maximum absolute atomic E-state index is 12.1. The molecule has 3 rings (SSSR count). The molecule has 6 nitrogen and oxygen atoms in total. The second-order valence-corrected chi connectivity index (χ2v) is 5.96. The Labute approximate surface area is 135 Å². The largest absolute Gasteiger partial charge is 0.391 e. The highest BCUT2D eigenvalue weighted by atomic mass is 16.3. The average Bonchev–Trinajstić information content (AvgIpc) is 3.06. The molecule has 0 radical (unpaired) electrons. The van der Waals surface area contributed by atoms with Crippen LogP contribution in [0, 0.1) is 0 Å². The van der Waals surface area contributed by atoms with E-state index in [4.69, 9.17) is 0 Å². The first-order chi connectivity index (χ1) is 11.2. The molecule has 1 fully saturated rings. The van der Waals surface area contributed by atoms with Gasteiger partial charge in [0.1, 0.15) is 0 Å². The summed E-state index contributed by atoms with van der Waals surface area (Å²) in [5.41, 5.74) is 2.23. The van der Waals surface area contributed by atoms with Gasteiger partial charge in [0.05, 0.1) is 12.4 Å². The van der Waals surface area contributed by atoms with Crippen molar-refractivity contribution in [3.63, 3.8) is 0 Å². The van der Waals surface area contributed by atoms with Crippen molar-refractivity contribution >= 4 is 6.03 Å². The summed E-state index contributed by atoms with van der Waals surface area (Å²) in [6.45, 7) is 2.39. The van der Waals surface area contributed by atoms with E-state index in [9.17, 15) is 9.90 Å². The lowest BCUT2D eigenvalue weighted by Crippen LogP contribution is -2.46. The number of imidazole rings is 1. The lowest BCUT2D eigenvalue weighted by Gasteiger charge is -2.30. The van der Waals surface area contributed by atoms with Crippen molar-refractivity contribution in [2.75, 3.05) is 13.1 Å². The molecule has 1 aliphatic rings. The van der Waals surface area contributed by atoms with Crippen molar-refractivity contribution < 1.29 is 9.90 Å². The number of β-amino-alcohol motifs (C(OH)–C–C–N with tert-alkyl or cyclic N) is 1. The van der Waals surface area contributed by atoms with Gasteiger partial charge in [-0.3, -0.25) is 0 Å². The van der Waals surface area contributed by atoms with Crippen LogP contribution >= 0.6 is 0 Å². The fourth-order valence-electron chi connectivity index (χ4n) is 2.86. The molecule has 1 aromatic heterocycles. The normalized spacial score (nSPS) is 18.0. The summed E-state index contributed by atoms with van der Waals surface area (Å²) >= 11 is 0. The number of carbonyl (C=O) groups excluding carboxylic acids is 1. The van der Waals surface area contributed by atoms with Crippen LogP contribution in [-0.4, -0.2) is 44.8 Å². The molecule has 0 aliphatic carbocycles. The van der Waals surface area contributed by atoms with Crippen LogP contribution in [0.5, 0.6) is 0 Å². The summed E-state index contributed by atoms with van der Waals surface area (Å²) in [4.78, 5) is 17.9. The number of likely N-dealkylation sites (tertiary alicyclic amines) is 1. The molecular formula is C17H22N4O2. The van der Waals surface area contributed by atoms with Gasteiger partial charge in [0.25, 0.3) is 0 Å². The quantitative estimate of drug-likeness (QED) is 0.900. The number of hydrogen-bond donors (Lipinski definition) is 2. The van der Waals surface area contributed by atoms with Crippen LogP contribution in [0.15, 0.2) is 43.0 Å². The summed E-state index contributed by atoms with van der Waals surface area (Å²) in [7, 11) is 0. The highest BCUT2D eigenvalue weighted by Gasteiger charge is 2.21. The molecule has 2 aromatic rings. The minimum atomic E-state index is -0.395. The van der Waals surface area contributed by atoms with Gasteiger partial charge in [-0.25, -0.2) is 9.78 Å². The number of piperidine rings is 1. The van der Waals surface area contributed by atoms with Gasteiger partial charge in [-0.2, -0.15) is 0 Å². The Kier molecular flexibility index (Phi) is 4.92. The Morgan fingerprint density at radius 3 is 3.04 bits per heavy atom. The van der Waals surface area contributed by atoms with Crippen molar-refractivity contribution in [1.82, 2.24) is 19.8 Å². The van der Waals surface area contributed by atoms with Gasteiger partial charge in [-0.05, 0) is 24.0 Å². The molecule has 2 heterocycles.